The lowest BCUT2D eigenvalue weighted by Crippen LogP contribution is -2.55. The van der Waals surface area contributed by atoms with E-state index in [-0.39, 0.29) is 10.8 Å². The van der Waals surface area contributed by atoms with Crippen LogP contribution in [-0.4, -0.2) is 0 Å². The average molecular weight is 1290 g/mol. The van der Waals surface area contributed by atoms with Gasteiger partial charge in [0.1, 0.15) is 12.1 Å². The average Bonchev–Trinajstić information content (AvgIpc) is 1.49. The van der Waals surface area contributed by atoms with Gasteiger partial charge in [0.05, 0.1) is 11.1 Å². The Kier molecular flexibility index (Phi) is 12.7. The van der Waals surface area contributed by atoms with Crippen LogP contribution in [0.5, 0.6) is 0 Å². The highest BCUT2D eigenvalue weighted by molar-refractivity contribution is 6.23. The third kappa shape index (κ3) is 8.20. The molecule has 0 unspecified atom stereocenters. The monoisotopic (exact) mass is 1290 g/mol. The van der Waals surface area contributed by atoms with Gasteiger partial charge in [0.15, 0.2) is 11.6 Å². The maximum atomic E-state index is 15.2. The molecular weight excluding hydrogens is 1220 g/mol. The largest absolute Gasteiger partial charge is 0.204 e. The maximum Gasteiger partial charge on any atom is 0.159 e. The second kappa shape index (κ2) is 21.9. The summed E-state index contributed by atoms with van der Waals surface area (Å²) in [6.07, 6.45) is 12.6. The Morgan fingerprint density at radius 2 is 0.580 bits per heavy atom. The first-order valence-corrected chi connectivity index (χ1v) is 36.5. The van der Waals surface area contributed by atoms with Crippen molar-refractivity contribution >= 4 is 53.9 Å². The van der Waals surface area contributed by atoms with Crippen LogP contribution in [0.3, 0.4) is 0 Å². The third-order valence-electron chi connectivity index (χ3n) is 26.5. The molecule has 2 spiro atoms. The van der Waals surface area contributed by atoms with E-state index < -0.39 is 11.6 Å². The number of nitrogens with zero attached hydrogens (tertiary/aromatic N) is 2. The van der Waals surface area contributed by atoms with Crippen LogP contribution in [0.25, 0.3) is 132 Å². The molecule has 24 rings (SSSR count). The Morgan fingerprint density at radius 1 is 0.260 bits per heavy atom. The van der Waals surface area contributed by atoms with Crippen molar-refractivity contribution in [2.75, 3.05) is 0 Å². The lowest BCUT2D eigenvalue weighted by atomic mass is 9.43. The topological polar surface area (TPSA) is 47.6 Å². The summed E-state index contributed by atoms with van der Waals surface area (Å²) in [5.41, 5.74) is 22.5. The van der Waals surface area contributed by atoms with Crippen LogP contribution in [-0.2, 0) is 10.8 Å². The molecule has 0 aromatic heterocycles. The van der Waals surface area contributed by atoms with Crippen molar-refractivity contribution in [3.8, 4) is 90.0 Å². The highest BCUT2D eigenvalue weighted by atomic mass is 19.2. The molecular formula is C96H70F2N2. The summed E-state index contributed by atoms with van der Waals surface area (Å²) < 4.78 is 30.1. The van der Waals surface area contributed by atoms with E-state index in [9.17, 15) is 14.9 Å². The summed E-state index contributed by atoms with van der Waals surface area (Å²) in [6, 6.07) is 96.7. The zero-order chi connectivity index (χ0) is 66.3. The van der Waals surface area contributed by atoms with Gasteiger partial charge in [-0.1, -0.05) is 212 Å². The molecule has 10 aliphatic carbocycles. The Labute approximate surface area is 581 Å². The maximum absolute atomic E-state index is 15.2. The van der Waals surface area contributed by atoms with E-state index in [1.807, 2.05) is 6.07 Å². The normalized spacial score (nSPS) is 24.2. The second-order valence-corrected chi connectivity index (χ2v) is 31.0. The first kappa shape index (κ1) is 58.2. The predicted molar refractivity (Wildman–Crippen MR) is 403 cm³/mol. The summed E-state index contributed by atoms with van der Waals surface area (Å²) in [5, 5.41) is 32.7. The minimum absolute atomic E-state index is 0.111. The molecule has 0 radical (unpaired) electrons. The molecule has 14 aromatic rings. The van der Waals surface area contributed by atoms with Gasteiger partial charge < -0.3 is 0 Å². The number of nitriles is 2. The summed E-state index contributed by atoms with van der Waals surface area (Å²) in [7, 11) is 0. The fourth-order valence-corrected chi connectivity index (χ4v) is 23.2. The zero-order valence-corrected chi connectivity index (χ0v) is 55.6. The number of halogens is 2. The number of hydrogen-bond donors (Lipinski definition) is 0. The van der Waals surface area contributed by atoms with Crippen LogP contribution >= 0.6 is 0 Å². The van der Waals surface area contributed by atoms with Gasteiger partial charge in [-0.05, 0) is 308 Å². The number of hydrogen-bond acceptors (Lipinski definition) is 2. The van der Waals surface area contributed by atoms with Crippen molar-refractivity contribution in [2.24, 2.45) is 47.3 Å². The molecule has 100 heavy (non-hydrogen) atoms. The summed E-state index contributed by atoms with van der Waals surface area (Å²) in [5.74, 6) is 3.79. The molecule has 4 heteroatoms. The van der Waals surface area contributed by atoms with Gasteiger partial charge in [-0.15, -0.1) is 0 Å². The molecule has 2 nitrogen and oxygen atoms in total. The third-order valence-corrected chi connectivity index (χ3v) is 26.5. The highest BCUT2D eigenvalue weighted by Gasteiger charge is 2.63. The van der Waals surface area contributed by atoms with Crippen LogP contribution in [0.15, 0.2) is 255 Å². The quantitative estimate of drug-likeness (QED) is 0.161. The van der Waals surface area contributed by atoms with E-state index in [1.165, 1.54) is 208 Å². The predicted octanol–water partition coefficient (Wildman–Crippen LogP) is 24.9. The summed E-state index contributed by atoms with van der Waals surface area (Å²) in [6.45, 7) is 0. The molecule has 8 bridgehead atoms. The number of fused-ring (bicyclic) bond motifs is 11. The van der Waals surface area contributed by atoms with E-state index >= 15 is 4.39 Å². The lowest BCUT2D eigenvalue weighted by Gasteiger charge is -2.61. The zero-order valence-electron chi connectivity index (χ0n) is 55.6. The molecule has 0 saturated heterocycles. The standard InChI is InChI=1S/C50H36N2.C46H34F2/c51-28-36-25-45-40-19-18-35(26-46(40)50(47(45)27-37(36)29-52)38-21-30-20-31(23-38)24-39(50)22-30)49-43-12-6-4-10-41(43)48(42-11-5-7-13-44(42)49)34-16-14-33(15-17-34)32-8-2-1-3-9-32;47-42-24-39-34-16-15-31(23-40(34)46(41(39)25-43(42)48)32-18-26-17-27(20-32)21-33(46)19-26)45-37-11-5-3-9-35(37)44(36-10-4-6-12-38(36)45)30-14-13-28-7-1-2-8-29(28)22-30/h1-19,25-27,30-31,38-39H,20-24H2;1-16,22-27,32-33H,17-21H2. The van der Waals surface area contributed by atoms with Crippen molar-refractivity contribution in [1.29, 1.82) is 10.5 Å². The van der Waals surface area contributed by atoms with Gasteiger partial charge in [-0.3, -0.25) is 0 Å². The molecule has 10 aliphatic rings. The van der Waals surface area contributed by atoms with Gasteiger partial charge >= 0.3 is 0 Å². The molecule has 0 heterocycles. The van der Waals surface area contributed by atoms with Crippen molar-refractivity contribution in [3.63, 3.8) is 0 Å². The van der Waals surface area contributed by atoms with E-state index in [0.29, 0.717) is 34.8 Å². The summed E-state index contributed by atoms with van der Waals surface area (Å²) >= 11 is 0. The molecule has 0 atom stereocenters. The van der Waals surface area contributed by atoms with Crippen LogP contribution in [0, 0.1) is 81.6 Å². The van der Waals surface area contributed by atoms with Crippen LogP contribution in [0.1, 0.15) is 97.6 Å². The molecule has 14 aromatic carbocycles. The Hall–Kier alpha value is -10.8. The minimum Gasteiger partial charge on any atom is -0.204 e. The molecule has 0 amide bonds. The molecule has 8 fully saturated rings. The van der Waals surface area contributed by atoms with Crippen molar-refractivity contribution in [2.45, 2.75) is 75.0 Å². The van der Waals surface area contributed by atoms with Crippen LogP contribution in [0.2, 0.25) is 0 Å². The van der Waals surface area contributed by atoms with Gasteiger partial charge in [-0.25, -0.2) is 8.78 Å². The summed E-state index contributed by atoms with van der Waals surface area (Å²) in [4.78, 5) is 0. The van der Waals surface area contributed by atoms with Crippen molar-refractivity contribution in [1.82, 2.24) is 0 Å². The fraction of sp³-hybridized carbons (Fsp3) is 0.208. The van der Waals surface area contributed by atoms with Crippen LogP contribution < -0.4 is 0 Å². The van der Waals surface area contributed by atoms with Crippen molar-refractivity contribution in [3.05, 3.63) is 300 Å². The van der Waals surface area contributed by atoms with Gasteiger partial charge in [0.2, 0.25) is 0 Å². The SMILES string of the molecule is Fc1cc2c(cc1F)C1(c3cc(-c4c5ccccc5c(-c5ccc6ccccc6c5)c5ccccc45)ccc3-2)C2CC3CC(C2)CC1C3.N#Cc1cc2c(cc1C#N)C1(c3cc(-c4c5ccccc5c(-c5ccc(-c6ccccc6)cc5)c5ccccc45)ccc3-2)C2CC3CC(C2)CC1C3. The molecule has 0 aliphatic heterocycles. The van der Waals surface area contributed by atoms with Gasteiger partial charge in [0.25, 0.3) is 0 Å². The molecule has 8 saturated carbocycles. The van der Waals surface area contributed by atoms with E-state index in [1.54, 1.807) is 6.07 Å². The van der Waals surface area contributed by atoms with E-state index in [4.69, 9.17) is 0 Å². The van der Waals surface area contributed by atoms with Gasteiger partial charge in [-0.2, -0.15) is 10.5 Å². The number of benzene rings is 14. The first-order chi connectivity index (χ1) is 49.2. The van der Waals surface area contributed by atoms with E-state index in [0.717, 1.165) is 40.4 Å². The Morgan fingerprint density at radius 3 is 1.03 bits per heavy atom. The molecule has 478 valence electrons. The van der Waals surface area contributed by atoms with Crippen molar-refractivity contribution < 1.29 is 8.78 Å². The Balaban J connectivity index is 0.000000131. The molecule has 0 N–H and O–H groups in total. The highest BCUT2D eigenvalue weighted by Crippen LogP contribution is 2.72. The fourth-order valence-electron chi connectivity index (χ4n) is 23.2. The van der Waals surface area contributed by atoms with Gasteiger partial charge in [0, 0.05) is 10.8 Å². The minimum atomic E-state index is -0.745. The van der Waals surface area contributed by atoms with E-state index in [2.05, 4.69) is 249 Å². The lowest BCUT2D eigenvalue weighted by molar-refractivity contribution is -0.0400. The Bertz CT molecular complexity index is 5770. The first-order valence-electron chi connectivity index (χ1n) is 36.5. The smallest absolute Gasteiger partial charge is 0.159 e. The number of rotatable bonds is 5. The van der Waals surface area contributed by atoms with Crippen LogP contribution in [0.4, 0.5) is 8.78 Å². The second-order valence-electron chi connectivity index (χ2n) is 31.0.